The number of carboxylic acids is 1. The molecule has 1 atom stereocenters. The molecule has 0 saturated heterocycles. The molecule has 2 heteroatoms. The van der Waals surface area contributed by atoms with Gasteiger partial charge in [-0.3, -0.25) is 4.79 Å². The molecular weight excluding hydrogens is 224 g/mol. The molecule has 0 bridgehead atoms. The Morgan fingerprint density at radius 1 is 1.33 bits per heavy atom. The van der Waals surface area contributed by atoms with Gasteiger partial charge in [0.2, 0.25) is 0 Å². The molecule has 0 aromatic carbocycles. The third-order valence-electron chi connectivity index (χ3n) is 1.72. The summed E-state index contributed by atoms with van der Waals surface area (Å²) in [7, 11) is 0. The van der Waals surface area contributed by atoms with Crippen LogP contribution in [0, 0.1) is 5.92 Å². The van der Waals surface area contributed by atoms with E-state index in [4.69, 9.17) is 5.11 Å². The Bertz CT molecular complexity index is 262. The fraction of sp³-hybridized carbons (Fsp3) is 0.438. The quantitative estimate of drug-likeness (QED) is 0.552. The second kappa shape index (κ2) is 17.8. The minimum absolute atomic E-state index is 0.0340. The molecule has 0 aliphatic rings. The molecule has 0 rings (SSSR count). The van der Waals surface area contributed by atoms with E-state index in [1.165, 1.54) is 6.42 Å². The molecule has 1 N–H and O–H groups in total. The normalized spacial score (nSPS) is 11.7. The number of carboxylic acid groups (broad SMARTS) is 1. The van der Waals surface area contributed by atoms with E-state index in [-0.39, 0.29) is 12.3 Å². The Labute approximate surface area is 112 Å². The fourth-order valence-electron chi connectivity index (χ4n) is 1.09. The maximum Gasteiger partial charge on any atom is 0.303 e. The molecule has 104 valence electrons. The van der Waals surface area contributed by atoms with Crippen LogP contribution in [0.15, 0.2) is 49.6 Å². The van der Waals surface area contributed by atoms with Crippen LogP contribution in [-0.2, 0) is 4.79 Å². The van der Waals surface area contributed by atoms with Crippen LogP contribution < -0.4 is 0 Å². The van der Waals surface area contributed by atoms with Crippen LogP contribution in [0.5, 0.6) is 0 Å². The largest absolute Gasteiger partial charge is 0.481 e. The molecule has 0 spiro atoms. The van der Waals surface area contributed by atoms with E-state index in [2.05, 4.69) is 33.6 Å². The Kier molecular flexibility index (Phi) is 21.5. The van der Waals surface area contributed by atoms with Gasteiger partial charge < -0.3 is 5.11 Å². The van der Waals surface area contributed by atoms with E-state index in [0.29, 0.717) is 0 Å². The maximum absolute atomic E-state index is 10.4. The van der Waals surface area contributed by atoms with Crippen molar-refractivity contribution in [3.63, 3.8) is 0 Å². The van der Waals surface area contributed by atoms with Crippen LogP contribution in [0.25, 0.3) is 0 Å². The van der Waals surface area contributed by atoms with Crippen LogP contribution in [0.3, 0.4) is 0 Å². The van der Waals surface area contributed by atoms with Gasteiger partial charge in [-0.25, -0.2) is 0 Å². The molecule has 0 unspecified atom stereocenters. The van der Waals surface area contributed by atoms with Gasteiger partial charge in [0.1, 0.15) is 0 Å². The standard InChI is InChI=1S/C11H16O2.C3H8.C2H4/c1-4-6-10(7-5-2)9(3)8-11(12)13;1-3-2;1-2/h4-7,9H,1,8H2,2-3H3,(H,12,13);3H2,1-2H3;1-2H2/b7-5-,10-6+;;/t9-;;/m0../s1. The predicted molar refractivity (Wildman–Crippen MR) is 81.7 cm³/mol. The van der Waals surface area contributed by atoms with Crippen molar-refractivity contribution in [2.24, 2.45) is 5.92 Å². The van der Waals surface area contributed by atoms with Gasteiger partial charge in [-0.15, -0.1) is 13.2 Å². The maximum atomic E-state index is 10.4. The smallest absolute Gasteiger partial charge is 0.303 e. The average molecular weight is 252 g/mol. The van der Waals surface area contributed by atoms with Crippen LogP contribution in [0.1, 0.15) is 40.5 Å². The summed E-state index contributed by atoms with van der Waals surface area (Å²) >= 11 is 0. The molecule has 0 saturated carbocycles. The molecule has 0 aromatic heterocycles. The predicted octanol–water partition coefficient (Wildman–Crippen LogP) is 5.00. The summed E-state index contributed by atoms with van der Waals surface area (Å²) in [5.74, 6) is -0.737. The second-order valence-electron chi connectivity index (χ2n) is 3.61. The molecule has 0 amide bonds. The first-order valence-corrected chi connectivity index (χ1v) is 6.20. The Balaban J connectivity index is -0.000000389. The minimum Gasteiger partial charge on any atom is -0.481 e. The van der Waals surface area contributed by atoms with E-state index < -0.39 is 5.97 Å². The molecule has 0 radical (unpaired) electrons. The van der Waals surface area contributed by atoms with Gasteiger partial charge in [-0.2, -0.15) is 0 Å². The number of allylic oxidation sites excluding steroid dienone is 5. The highest BCUT2D eigenvalue weighted by atomic mass is 16.4. The van der Waals surface area contributed by atoms with E-state index >= 15 is 0 Å². The zero-order chi connectivity index (χ0) is 15.0. The highest BCUT2D eigenvalue weighted by molar-refractivity contribution is 5.67. The highest BCUT2D eigenvalue weighted by Gasteiger charge is 2.09. The van der Waals surface area contributed by atoms with E-state index in [9.17, 15) is 4.79 Å². The molecule has 0 fully saturated rings. The number of hydrogen-bond donors (Lipinski definition) is 1. The molecule has 0 aliphatic carbocycles. The van der Waals surface area contributed by atoms with Crippen molar-refractivity contribution in [3.8, 4) is 0 Å². The van der Waals surface area contributed by atoms with Crippen molar-refractivity contribution >= 4 is 5.97 Å². The monoisotopic (exact) mass is 252 g/mol. The van der Waals surface area contributed by atoms with Crippen LogP contribution >= 0.6 is 0 Å². The van der Waals surface area contributed by atoms with E-state index in [1.807, 2.05) is 32.1 Å². The van der Waals surface area contributed by atoms with Crippen LogP contribution in [0.2, 0.25) is 0 Å². The van der Waals surface area contributed by atoms with Crippen molar-refractivity contribution in [3.05, 3.63) is 49.6 Å². The van der Waals surface area contributed by atoms with Crippen LogP contribution in [-0.4, -0.2) is 11.1 Å². The first kappa shape index (κ1) is 21.7. The van der Waals surface area contributed by atoms with Gasteiger partial charge >= 0.3 is 5.97 Å². The Hall–Kier alpha value is -1.57. The van der Waals surface area contributed by atoms with Gasteiger partial charge in [0.25, 0.3) is 0 Å². The van der Waals surface area contributed by atoms with Gasteiger partial charge in [-0.1, -0.05) is 58.1 Å². The van der Waals surface area contributed by atoms with Crippen molar-refractivity contribution in [2.75, 3.05) is 0 Å². The van der Waals surface area contributed by atoms with Crippen molar-refractivity contribution < 1.29 is 9.90 Å². The molecule has 2 nitrogen and oxygen atoms in total. The lowest BCUT2D eigenvalue weighted by Gasteiger charge is -2.08. The molecule has 18 heavy (non-hydrogen) atoms. The fourth-order valence-corrected chi connectivity index (χ4v) is 1.09. The lowest BCUT2D eigenvalue weighted by molar-refractivity contribution is -0.137. The number of aliphatic carboxylic acids is 1. The lowest BCUT2D eigenvalue weighted by atomic mass is 9.97. The zero-order valence-corrected chi connectivity index (χ0v) is 12.3. The summed E-state index contributed by atoms with van der Waals surface area (Å²) in [5, 5.41) is 8.59. The molecule has 0 aliphatic heterocycles. The van der Waals surface area contributed by atoms with Crippen molar-refractivity contribution in [2.45, 2.75) is 40.5 Å². The van der Waals surface area contributed by atoms with Crippen molar-refractivity contribution in [1.29, 1.82) is 0 Å². The van der Waals surface area contributed by atoms with E-state index in [1.54, 1.807) is 6.08 Å². The van der Waals surface area contributed by atoms with Crippen LogP contribution in [0.4, 0.5) is 0 Å². The second-order valence-corrected chi connectivity index (χ2v) is 3.61. The van der Waals surface area contributed by atoms with Gasteiger partial charge in [0, 0.05) is 0 Å². The van der Waals surface area contributed by atoms with Gasteiger partial charge in [0.05, 0.1) is 6.42 Å². The Morgan fingerprint density at radius 3 is 2.06 bits per heavy atom. The topological polar surface area (TPSA) is 37.3 Å². The third kappa shape index (κ3) is 16.8. The lowest BCUT2D eigenvalue weighted by Crippen LogP contribution is -2.05. The molecular formula is C16H28O2. The van der Waals surface area contributed by atoms with Gasteiger partial charge in [-0.05, 0) is 18.4 Å². The minimum atomic E-state index is -0.771. The first-order chi connectivity index (χ1) is 8.53. The zero-order valence-electron chi connectivity index (χ0n) is 12.3. The van der Waals surface area contributed by atoms with Crippen molar-refractivity contribution in [1.82, 2.24) is 0 Å². The summed E-state index contributed by atoms with van der Waals surface area (Å²) in [6, 6.07) is 0. The number of hydrogen-bond acceptors (Lipinski definition) is 1. The average Bonchev–Trinajstić information content (AvgIpc) is 2.31. The summed E-state index contributed by atoms with van der Waals surface area (Å²) in [4.78, 5) is 10.4. The summed E-state index contributed by atoms with van der Waals surface area (Å²) in [6.07, 6.45) is 8.73. The van der Waals surface area contributed by atoms with E-state index in [0.717, 1.165) is 5.57 Å². The summed E-state index contributed by atoms with van der Waals surface area (Å²) in [6.45, 7) is 17.6. The molecule has 0 aromatic rings. The first-order valence-electron chi connectivity index (χ1n) is 6.20. The SMILES string of the molecule is C=C.C=C/C=C(\C=C/C)[C@@H](C)CC(=O)O.CCC. The summed E-state index contributed by atoms with van der Waals surface area (Å²) < 4.78 is 0. The number of rotatable bonds is 5. The summed E-state index contributed by atoms with van der Waals surface area (Å²) in [5.41, 5.74) is 1.000. The van der Waals surface area contributed by atoms with Gasteiger partial charge in [0.15, 0.2) is 0 Å². The molecule has 0 heterocycles. The third-order valence-corrected chi connectivity index (χ3v) is 1.72. The Morgan fingerprint density at radius 2 is 1.78 bits per heavy atom. The highest BCUT2D eigenvalue weighted by Crippen LogP contribution is 2.16. The number of carbonyl (C=O) groups is 1.